The SMILES string of the molecule is CC[C@H](C)NC(=NCC(=O)N(C)C)N1CC[C@H](N2CCCC2)C1. The predicted molar refractivity (Wildman–Crippen MR) is 94.7 cm³/mol. The summed E-state index contributed by atoms with van der Waals surface area (Å²) in [5.74, 6) is 0.944. The summed E-state index contributed by atoms with van der Waals surface area (Å²) >= 11 is 0. The zero-order chi connectivity index (χ0) is 16.8. The van der Waals surface area contributed by atoms with E-state index in [0.717, 1.165) is 25.5 Å². The molecule has 132 valence electrons. The highest BCUT2D eigenvalue weighted by atomic mass is 16.2. The average molecular weight is 323 g/mol. The number of aliphatic imine (C=N–C) groups is 1. The lowest BCUT2D eigenvalue weighted by molar-refractivity contribution is -0.127. The van der Waals surface area contributed by atoms with E-state index >= 15 is 0 Å². The van der Waals surface area contributed by atoms with Crippen LogP contribution in [0.1, 0.15) is 39.5 Å². The molecule has 0 spiro atoms. The van der Waals surface area contributed by atoms with Gasteiger partial charge >= 0.3 is 0 Å². The number of amides is 1. The summed E-state index contributed by atoms with van der Waals surface area (Å²) in [6.07, 6.45) is 4.91. The van der Waals surface area contributed by atoms with Gasteiger partial charge in [-0.15, -0.1) is 0 Å². The molecule has 1 amide bonds. The molecule has 0 aromatic rings. The van der Waals surface area contributed by atoms with Crippen LogP contribution in [0.25, 0.3) is 0 Å². The first-order valence-electron chi connectivity index (χ1n) is 9.01. The molecule has 6 nitrogen and oxygen atoms in total. The molecule has 2 aliphatic rings. The molecule has 2 fully saturated rings. The molecule has 0 saturated carbocycles. The molecule has 0 aliphatic carbocycles. The summed E-state index contributed by atoms with van der Waals surface area (Å²) in [5, 5.41) is 3.50. The molecule has 0 unspecified atom stereocenters. The van der Waals surface area contributed by atoms with E-state index < -0.39 is 0 Å². The van der Waals surface area contributed by atoms with E-state index in [0.29, 0.717) is 12.1 Å². The number of carbonyl (C=O) groups excluding carboxylic acids is 1. The van der Waals surface area contributed by atoms with E-state index in [2.05, 4.69) is 34.0 Å². The third-order valence-electron chi connectivity index (χ3n) is 4.97. The first-order chi connectivity index (χ1) is 11.0. The van der Waals surface area contributed by atoms with Gasteiger partial charge in [-0.1, -0.05) is 6.92 Å². The van der Waals surface area contributed by atoms with Crippen LogP contribution >= 0.6 is 0 Å². The van der Waals surface area contributed by atoms with Crippen molar-refractivity contribution in [3.8, 4) is 0 Å². The smallest absolute Gasteiger partial charge is 0.243 e. The van der Waals surface area contributed by atoms with Crippen LogP contribution in [0.5, 0.6) is 0 Å². The van der Waals surface area contributed by atoms with Crippen LogP contribution in [-0.2, 0) is 4.79 Å². The first-order valence-corrected chi connectivity index (χ1v) is 9.01. The van der Waals surface area contributed by atoms with Crippen molar-refractivity contribution in [2.45, 2.75) is 51.6 Å². The van der Waals surface area contributed by atoms with Crippen LogP contribution in [-0.4, -0.2) is 85.5 Å². The maximum atomic E-state index is 11.9. The molecule has 0 aromatic heterocycles. The Hall–Kier alpha value is -1.30. The Labute approximate surface area is 140 Å². The van der Waals surface area contributed by atoms with Gasteiger partial charge in [0.25, 0.3) is 0 Å². The number of guanidine groups is 1. The van der Waals surface area contributed by atoms with Gasteiger partial charge in [0, 0.05) is 39.3 Å². The van der Waals surface area contributed by atoms with E-state index in [4.69, 9.17) is 0 Å². The lowest BCUT2D eigenvalue weighted by Gasteiger charge is -2.27. The summed E-state index contributed by atoms with van der Waals surface area (Å²) < 4.78 is 0. The van der Waals surface area contributed by atoms with Gasteiger partial charge in [-0.25, -0.2) is 4.99 Å². The summed E-state index contributed by atoms with van der Waals surface area (Å²) in [6.45, 7) is 9.08. The number of likely N-dealkylation sites (N-methyl/N-ethyl adjacent to an activating group) is 1. The topological polar surface area (TPSA) is 51.2 Å². The number of nitrogens with zero attached hydrogens (tertiary/aromatic N) is 4. The van der Waals surface area contributed by atoms with E-state index in [1.54, 1.807) is 19.0 Å². The molecule has 6 heteroatoms. The molecular formula is C17H33N5O. The summed E-state index contributed by atoms with van der Waals surface area (Å²) in [6, 6.07) is 1.01. The number of likely N-dealkylation sites (tertiary alicyclic amines) is 2. The zero-order valence-electron chi connectivity index (χ0n) is 15.2. The minimum Gasteiger partial charge on any atom is -0.354 e. The summed E-state index contributed by atoms with van der Waals surface area (Å²) in [7, 11) is 3.55. The fourth-order valence-corrected chi connectivity index (χ4v) is 3.18. The highest BCUT2D eigenvalue weighted by molar-refractivity contribution is 5.85. The van der Waals surface area contributed by atoms with Crippen molar-refractivity contribution < 1.29 is 4.79 Å². The largest absolute Gasteiger partial charge is 0.354 e. The normalized spacial score (nSPS) is 24.1. The average Bonchev–Trinajstić information content (AvgIpc) is 3.20. The first kappa shape index (κ1) is 18.0. The quantitative estimate of drug-likeness (QED) is 0.605. The highest BCUT2D eigenvalue weighted by Gasteiger charge is 2.31. The highest BCUT2D eigenvalue weighted by Crippen LogP contribution is 2.20. The van der Waals surface area contributed by atoms with E-state index in [9.17, 15) is 4.79 Å². The summed E-state index contributed by atoms with van der Waals surface area (Å²) in [4.78, 5) is 23.0. The monoisotopic (exact) mass is 323 g/mol. The molecule has 0 aromatic carbocycles. The predicted octanol–water partition coefficient (Wildman–Crippen LogP) is 0.989. The lowest BCUT2D eigenvalue weighted by Crippen LogP contribution is -2.46. The molecule has 1 N–H and O–H groups in total. The second kappa shape index (κ2) is 8.52. The fourth-order valence-electron chi connectivity index (χ4n) is 3.18. The molecule has 23 heavy (non-hydrogen) atoms. The van der Waals surface area contributed by atoms with E-state index in [-0.39, 0.29) is 12.5 Å². The molecule has 2 heterocycles. The van der Waals surface area contributed by atoms with Gasteiger partial charge in [0.1, 0.15) is 6.54 Å². The van der Waals surface area contributed by atoms with Gasteiger partial charge < -0.3 is 15.1 Å². The van der Waals surface area contributed by atoms with Crippen molar-refractivity contribution in [1.29, 1.82) is 0 Å². The van der Waals surface area contributed by atoms with Gasteiger partial charge in [0.2, 0.25) is 5.91 Å². The van der Waals surface area contributed by atoms with Crippen LogP contribution < -0.4 is 5.32 Å². The number of hydrogen-bond acceptors (Lipinski definition) is 3. The maximum absolute atomic E-state index is 11.9. The van der Waals surface area contributed by atoms with Crippen LogP contribution in [0.15, 0.2) is 4.99 Å². The molecule has 2 aliphatic heterocycles. The number of rotatable bonds is 5. The summed E-state index contributed by atoms with van der Waals surface area (Å²) in [5.41, 5.74) is 0. The van der Waals surface area contributed by atoms with Gasteiger partial charge in [0.05, 0.1) is 0 Å². The number of nitrogens with one attached hydrogen (secondary N) is 1. The standard InChI is InChI=1S/C17H33N5O/c1-5-14(2)19-17(18-12-16(23)20(3)4)22-11-8-15(13-22)21-9-6-7-10-21/h14-15H,5-13H2,1-4H3,(H,18,19)/t14-,15-/m0/s1. The zero-order valence-corrected chi connectivity index (χ0v) is 15.2. The van der Waals surface area contributed by atoms with E-state index in [1.165, 1.54) is 32.4 Å². The van der Waals surface area contributed by atoms with Gasteiger partial charge in [-0.05, 0) is 45.7 Å². The third kappa shape index (κ3) is 5.09. The molecular weight excluding hydrogens is 290 g/mol. The fraction of sp³-hybridized carbons (Fsp3) is 0.882. The lowest BCUT2D eigenvalue weighted by atomic mass is 10.2. The van der Waals surface area contributed by atoms with Crippen LogP contribution in [0.4, 0.5) is 0 Å². The Morgan fingerprint density at radius 3 is 2.61 bits per heavy atom. The van der Waals surface area contributed by atoms with Gasteiger partial charge in [-0.3, -0.25) is 9.69 Å². The minimum atomic E-state index is 0.0451. The second-order valence-electron chi connectivity index (χ2n) is 7.01. The molecule has 0 bridgehead atoms. The molecule has 2 atom stereocenters. The third-order valence-corrected chi connectivity index (χ3v) is 4.97. The van der Waals surface area contributed by atoms with Crippen molar-refractivity contribution in [2.24, 2.45) is 4.99 Å². The second-order valence-corrected chi connectivity index (χ2v) is 7.01. The van der Waals surface area contributed by atoms with Gasteiger partial charge in [-0.2, -0.15) is 0 Å². The molecule has 0 radical (unpaired) electrons. The Morgan fingerprint density at radius 2 is 2.00 bits per heavy atom. The molecule has 2 saturated heterocycles. The number of carbonyl (C=O) groups is 1. The van der Waals surface area contributed by atoms with Crippen molar-refractivity contribution in [2.75, 3.05) is 46.8 Å². The Morgan fingerprint density at radius 1 is 1.30 bits per heavy atom. The Balaban J connectivity index is 1.98. The van der Waals surface area contributed by atoms with Crippen LogP contribution in [0.2, 0.25) is 0 Å². The van der Waals surface area contributed by atoms with Crippen molar-refractivity contribution in [3.05, 3.63) is 0 Å². The van der Waals surface area contributed by atoms with Crippen molar-refractivity contribution >= 4 is 11.9 Å². The Kier molecular flexibility index (Phi) is 6.69. The maximum Gasteiger partial charge on any atom is 0.243 e. The van der Waals surface area contributed by atoms with Gasteiger partial charge in [0.15, 0.2) is 5.96 Å². The Bertz CT molecular complexity index is 417. The molecule has 2 rings (SSSR count). The van der Waals surface area contributed by atoms with Crippen LogP contribution in [0, 0.1) is 0 Å². The van der Waals surface area contributed by atoms with Crippen LogP contribution in [0.3, 0.4) is 0 Å². The van der Waals surface area contributed by atoms with Crippen molar-refractivity contribution in [1.82, 2.24) is 20.0 Å². The van der Waals surface area contributed by atoms with Crippen molar-refractivity contribution in [3.63, 3.8) is 0 Å². The van der Waals surface area contributed by atoms with E-state index in [1.807, 2.05) is 0 Å². The minimum absolute atomic E-state index is 0.0451. The number of hydrogen-bond donors (Lipinski definition) is 1.